The average molecular weight is 595 g/mol. The maximum Gasteiger partial charge on any atom is 0.416 e. The summed E-state index contributed by atoms with van der Waals surface area (Å²) >= 11 is 0. The van der Waals surface area contributed by atoms with Crippen molar-refractivity contribution in [2.45, 2.75) is 38.3 Å². The van der Waals surface area contributed by atoms with Gasteiger partial charge in [0.2, 0.25) is 11.8 Å². The van der Waals surface area contributed by atoms with Crippen molar-refractivity contribution in [2.75, 3.05) is 11.9 Å². The molecule has 220 valence electrons. The van der Waals surface area contributed by atoms with E-state index in [-0.39, 0.29) is 42.1 Å². The van der Waals surface area contributed by atoms with Crippen LogP contribution in [0.3, 0.4) is 0 Å². The van der Waals surface area contributed by atoms with Gasteiger partial charge in [-0.1, -0.05) is 11.2 Å². The highest BCUT2D eigenvalue weighted by molar-refractivity contribution is 6.08. The predicted molar refractivity (Wildman–Crippen MR) is 146 cm³/mol. The molecule has 5 aromatic rings. The molecule has 14 heteroatoms. The Morgan fingerprint density at radius 3 is 2.58 bits per heavy atom. The molecular weight excluding hydrogens is 572 g/mol. The third kappa shape index (κ3) is 5.31. The van der Waals surface area contributed by atoms with Gasteiger partial charge in [0.25, 0.3) is 0 Å². The first-order valence-electron chi connectivity index (χ1n) is 13.1. The van der Waals surface area contributed by atoms with Crippen LogP contribution in [0.1, 0.15) is 29.3 Å². The number of fused-ring (bicyclic) bond motifs is 2. The largest absolute Gasteiger partial charge is 0.416 e. The Morgan fingerprint density at radius 2 is 1.86 bits per heavy atom. The Bertz CT molecular complexity index is 1880. The second-order valence-electron chi connectivity index (χ2n) is 10.2. The monoisotopic (exact) mass is 594 g/mol. The van der Waals surface area contributed by atoms with Crippen LogP contribution in [0, 0.1) is 0 Å². The van der Waals surface area contributed by atoms with E-state index in [1.807, 2.05) is 12.1 Å². The van der Waals surface area contributed by atoms with Gasteiger partial charge < -0.3 is 19.3 Å². The van der Waals surface area contributed by atoms with E-state index in [1.54, 1.807) is 35.3 Å². The number of hydrogen-bond acceptors (Lipinski definition) is 7. The molecule has 4 heterocycles. The molecule has 2 aromatic carbocycles. The molecule has 2 unspecified atom stereocenters. The number of nitrogens with zero attached hydrogens (tertiary/aromatic N) is 5. The van der Waals surface area contributed by atoms with Crippen LogP contribution >= 0.6 is 0 Å². The smallest absolute Gasteiger partial charge is 0.354 e. The lowest BCUT2D eigenvalue weighted by Crippen LogP contribution is -2.44. The summed E-state index contributed by atoms with van der Waals surface area (Å²) in [6.07, 6.45) is -1.67. The van der Waals surface area contributed by atoms with Crippen LogP contribution in [0.5, 0.6) is 0 Å². The molecule has 0 bridgehead atoms. The van der Waals surface area contributed by atoms with E-state index >= 15 is 0 Å². The molecule has 0 radical (unpaired) electrons. The quantitative estimate of drug-likeness (QED) is 0.216. The minimum atomic E-state index is -4.60. The number of likely N-dealkylation sites (tertiary alicyclic amines) is 1. The Morgan fingerprint density at radius 1 is 1.05 bits per heavy atom. The number of alkyl halides is 4. The van der Waals surface area contributed by atoms with E-state index in [2.05, 4.69) is 20.7 Å². The predicted octanol–water partition coefficient (Wildman–Crippen LogP) is 5.04. The van der Waals surface area contributed by atoms with Crippen LogP contribution in [0.2, 0.25) is 0 Å². The van der Waals surface area contributed by atoms with Crippen molar-refractivity contribution in [1.82, 2.24) is 24.8 Å². The zero-order valence-electron chi connectivity index (χ0n) is 22.4. The molecule has 10 nitrogen and oxygen atoms in total. The minimum absolute atomic E-state index is 0.117. The van der Waals surface area contributed by atoms with Gasteiger partial charge >= 0.3 is 6.18 Å². The average Bonchev–Trinajstić information content (AvgIpc) is 3.68. The first kappa shape index (κ1) is 28.0. The zero-order chi connectivity index (χ0) is 30.5. The summed E-state index contributed by atoms with van der Waals surface area (Å²) in [5, 5.41) is 14.5. The molecule has 0 saturated carbocycles. The summed E-state index contributed by atoms with van der Waals surface area (Å²) in [5.74, 6) is -1.69. The van der Waals surface area contributed by atoms with Crippen LogP contribution < -0.4 is 5.32 Å². The lowest BCUT2D eigenvalue weighted by atomic mass is 10.0. The second kappa shape index (κ2) is 10.6. The van der Waals surface area contributed by atoms with Crippen molar-refractivity contribution in [1.29, 1.82) is 0 Å². The summed E-state index contributed by atoms with van der Waals surface area (Å²) in [5.41, 5.74) is 1.41. The SMILES string of the molecule is CC(=O)c1cn(CC(=O)N2CC(F)CC2C(=O)Nc2noc3cc(C(F)(F)F)ccc23)c2ccc(-c3ccnnc3)cc12. The number of carbonyl (C=O) groups is 3. The summed E-state index contributed by atoms with van der Waals surface area (Å²) in [6, 6.07) is 8.65. The van der Waals surface area contributed by atoms with Gasteiger partial charge in [-0.05, 0) is 48.9 Å². The molecule has 1 aliphatic rings. The van der Waals surface area contributed by atoms with Gasteiger partial charge in [0.05, 0.1) is 29.9 Å². The number of benzene rings is 2. The van der Waals surface area contributed by atoms with Crippen LogP contribution in [-0.2, 0) is 22.3 Å². The number of halogens is 4. The molecule has 0 spiro atoms. The normalized spacial score (nSPS) is 17.1. The molecule has 2 amide bonds. The molecule has 0 aliphatic carbocycles. The molecule has 1 fully saturated rings. The Kier molecular flexibility index (Phi) is 6.90. The molecule has 43 heavy (non-hydrogen) atoms. The van der Waals surface area contributed by atoms with E-state index < -0.39 is 35.8 Å². The number of nitrogens with one attached hydrogen (secondary N) is 1. The molecule has 1 saturated heterocycles. The van der Waals surface area contributed by atoms with Gasteiger partial charge in [-0.25, -0.2) is 4.39 Å². The second-order valence-corrected chi connectivity index (χ2v) is 10.2. The summed E-state index contributed by atoms with van der Waals surface area (Å²) in [4.78, 5) is 40.2. The number of carbonyl (C=O) groups excluding carboxylic acids is 3. The maximum atomic E-state index is 14.6. The van der Waals surface area contributed by atoms with Crippen LogP contribution in [0.25, 0.3) is 33.0 Å². The highest BCUT2D eigenvalue weighted by Gasteiger charge is 2.40. The number of hydrogen-bond donors (Lipinski definition) is 1. The van der Waals surface area contributed by atoms with Gasteiger partial charge in [-0.15, -0.1) is 0 Å². The Hall–Kier alpha value is -5.14. The van der Waals surface area contributed by atoms with E-state index in [9.17, 15) is 31.9 Å². The van der Waals surface area contributed by atoms with Gasteiger partial charge in [-0.2, -0.15) is 23.4 Å². The lowest BCUT2D eigenvalue weighted by molar-refractivity contribution is -0.137. The summed E-state index contributed by atoms with van der Waals surface area (Å²) in [6.45, 7) is 0.806. The van der Waals surface area contributed by atoms with E-state index in [0.717, 1.165) is 34.2 Å². The standard InChI is InChI=1S/C29H22F4N6O4/c1-15(40)22-13-38(23-5-2-16(8-21(22)23)17-6-7-34-35-11-17)14-26(41)39-12-19(30)10-24(39)28(42)36-27-20-4-3-18(29(31,32)33)9-25(20)43-37-27/h2-9,11,13,19,24H,10,12,14H2,1H3,(H,36,37,42). The van der Waals surface area contributed by atoms with Gasteiger partial charge in [0, 0.05) is 34.6 Å². The maximum absolute atomic E-state index is 14.6. The van der Waals surface area contributed by atoms with Gasteiger partial charge in [0.15, 0.2) is 17.2 Å². The highest BCUT2D eigenvalue weighted by Crippen LogP contribution is 2.34. The number of aromatic nitrogens is 4. The number of anilines is 1. The summed E-state index contributed by atoms with van der Waals surface area (Å²) < 4.78 is 60.2. The molecule has 1 N–H and O–H groups in total. The molecule has 1 aliphatic heterocycles. The van der Waals surface area contributed by atoms with Crippen molar-refractivity contribution in [3.63, 3.8) is 0 Å². The first-order chi connectivity index (χ1) is 20.5. The third-order valence-corrected chi connectivity index (χ3v) is 7.40. The first-order valence-corrected chi connectivity index (χ1v) is 13.1. The third-order valence-electron chi connectivity index (χ3n) is 7.40. The van der Waals surface area contributed by atoms with Gasteiger partial charge in [-0.3, -0.25) is 14.4 Å². The fraction of sp³-hybridized carbons (Fsp3) is 0.241. The van der Waals surface area contributed by atoms with E-state index in [4.69, 9.17) is 4.52 Å². The van der Waals surface area contributed by atoms with Crippen molar-refractivity contribution in [3.05, 3.63) is 72.2 Å². The molecular formula is C29H22F4N6O4. The lowest BCUT2D eigenvalue weighted by Gasteiger charge is -2.23. The number of Topliss-reactive ketones (excluding diaryl/α,β-unsaturated/α-hetero) is 1. The molecule has 6 rings (SSSR count). The topological polar surface area (TPSA) is 123 Å². The van der Waals surface area contributed by atoms with Crippen LogP contribution in [0.15, 0.2) is 65.6 Å². The van der Waals surface area contributed by atoms with Crippen molar-refractivity contribution < 1.29 is 36.5 Å². The van der Waals surface area contributed by atoms with E-state index in [0.29, 0.717) is 16.5 Å². The zero-order valence-corrected chi connectivity index (χ0v) is 22.4. The van der Waals surface area contributed by atoms with Gasteiger partial charge in [0.1, 0.15) is 18.8 Å². The van der Waals surface area contributed by atoms with Crippen molar-refractivity contribution in [2.24, 2.45) is 0 Å². The summed E-state index contributed by atoms with van der Waals surface area (Å²) in [7, 11) is 0. The van der Waals surface area contributed by atoms with E-state index in [1.165, 1.54) is 6.92 Å². The fourth-order valence-electron chi connectivity index (χ4n) is 5.30. The van der Waals surface area contributed by atoms with Crippen molar-refractivity contribution >= 4 is 45.3 Å². The van der Waals surface area contributed by atoms with Crippen LogP contribution in [-0.4, -0.2) is 61.2 Å². The Labute approximate surface area is 240 Å². The fourth-order valence-corrected chi connectivity index (χ4v) is 5.30. The number of amides is 2. The van der Waals surface area contributed by atoms with Crippen molar-refractivity contribution in [3.8, 4) is 11.1 Å². The highest BCUT2D eigenvalue weighted by atomic mass is 19.4. The number of rotatable bonds is 6. The number of ketones is 1. The molecule has 3 aromatic heterocycles. The minimum Gasteiger partial charge on any atom is -0.354 e. The Balaban J connectivity index is 1.24. The van der Waals surface area contributed by atoms with Crippen LogP contribution in [0.4, 0.5) is 23.4 Å². The molecule has 2 atom stereocenters.